The van der Waals surface area contributed by atoms with E-state index in [9.17, 15) is 21.2 Å². The van der Waals surface area contributed by atoms with Crippen molar-refractivity contribution >= 4 is 19.9 Å². The van der Waals surface area contributed by atoms with Gasteiger partial charge in [0, 0.05) is 19.8 Å². The lowest BCUT2D eigenvalue weighted by molar-refractivity contribution is 0.0644. The van der Waals surface area contributed by atoms with Crippen molar-refractivity contribution in [3.8, 4) is 0 Å². The third-order valence-corrected chi connectivity index (χ3v) is 8.80. The first-order valence-corrected chi connectivity index (χ1v) is 13.3. The molecular weight excluding hydrogens is 441 g/mol. The van der Waals surface area contributed by atoms with Gasteiger partial charge in [0.1, 0.15) is 5.82 Å². The largest absolute Gasteiger partial charge is 0.381 e. The van der Waals surface area contributed by atoms with E-state index in [-0.39, 0.29) is 27.1 Å². The van der Waals surface area contributed by atoms with Crippen molar-refractivity contribution in [1.82, 2.24) is 4.72 Å². The Balaban J connectivity index is 1.89. The molecule has 1 aliphatic heterocycles. The summed E-state index contributed by atoms with van der Waals surface area (Å²) in [7, 11) is -7.91. The molecule has 2 aromatic carbocycles. The molecule has 3 rings (SSSR count). The maximum absolute atomic E-state index is 13.2. The van der Waals surface area contributed by atoms with Gasteiger partial charge in [0.05, 0.1) is 14.7 Å². The van der Waals surface area contributed by atoms with Gasteiger partial charge in [-0.3, -0.25) is 0 Å². The average Bonchev–Trinajstić information content (AvgIpc) is 2.74. The molecule has 170 valence electrons. The first-order valence-electron chi connectivity index (χ1n) is 10.3. The zero-order chi connectivity index (χ0) is 22.6. The van der Waals surface area contributed by atoms with E-state index in [1.165, 1.54) is 30.3 Å². The van der Waals surface area contributed by atoms with Crippen LogP contribution in [-0.2, 0) is 24.6 Å². The summed E-state index contributed by atoms with van der Waals surface area (Å²) in [4.78, 5) is -0.284. The van der Waals surface area contributed by atoms with Gasteiger partial charge < -0.3 is 4.74 Å². The minimum absolute atomic E-state index is 0.0438. The second-order valence-corrected chi connectivity index (χ2v) is 11.7. The Hall–Kier alpha value is -1.81. The molecule has 31 heavy (non-hydrogen) atoms. The van der Waals surface area contributed by atoms with Gasteiger partial charge in [0.15, 0.2) is 0 Å². The quantitative estimate of drug-likeness (QED) is 0.593. The lowest BCUT2D eigenvalue weighted by Crippen LogP contribution is -2.28. The molecule has 1 heterocycles. The number of benzene rings is 2. The summed E-state index contributed by atoms with van der Waals surface area (Å²) >= 11 is 0. The summed E-state index contributed by atoms with van der Waals surface area (Å²) in [5.74, 6) is -0.262. The number of nitrogens with one attached hydrogen (secondary N) is 1. The Morgan fingerprint density at radius 3 is 2.23 bits per heavy atom. The number of hydrogen-bond donors (Lipinski definition) is 1. The summed E-state index contributed by atoms with van der Waals surface area (Å²) in [6.45, 7) is 5.37. The van der Waals surface area contributed by atoms with Crippen molar-refractivity contribution in [3.63, 3.8) is 0 Å². The number of rotatable bonds is 8. The first kappa shape index (κ1) is 23.8. The molecule has 0 aromatic heterocycles. The first-order chi connectivity index (χ1) is 14.6. The van der Waals surface area contributed by atoms with Crippen LogP contribution in [0.5, 0.6) is 0 Å². The SMILES string of the molecule is CC(C)c1ccc(S(=O)(=O)c2ccc(F)cc2)cc1S(=O)(=O)NCCC1CCOCC1. The predicted molar refractivity (Wildman–Crippen MR) is 116 cm³/mol. The Morgan fingerprint density at radius 2 is 1.61 bits per heavy atom. The van der Waals surface area contributed by atoms with Crippen molar-refractivity contribution < 1.29 is 26.0 Å². The van der Waals surface area contributed by atoms with Crippen LogP contribution in [0.25, 0.3) is 0 Å². The molecule has 1 N–H and O–H groups in total. The van der Waals surface area contributed by atoms with Crippen molar-refractivity contribution in [2.24, 2.45) is 5.92 Å². The van der Waals surface area contributed by atoms with Crippen LogP contribution in [0.1, 0.15) is 44.6 Å². The zero-order valence-corrected chi connectivity index (χ0v) is 19.3. The summed E-state index contributed by atoms with van der Waals surface area (Å²) in [6.07, 6.45) is 2.52. The topological polar surface area (TPSA) is 89.5 Å². The average molecular weight is 470 g/mol. The van der Waals surface area contributed by atoms with Gasteiger partial charge in [-0.15, -0.1) is 0 Å². The highest BCUT2D eigenvalue weighted by Crippen LogP contribution is 2.29. The van der Waals surface area contributed by atoms with Crippen LogP contribution in [0, 0.1) is 11.7 Å². The van der Waals surface area contributed by atoms with Crippen molar-refractivity contribution in [1.29, 1.82) is 0 Å². The van der Waals surface area contributed by atoms with Gasteiger partial charge in [-0.25, -0.2) is 25.9 Å². The highest BCUT2D eigenvalue weighted by atomic mass is 32.2. The van der Waals surface area contributed by atoms with Crippen LogP contribution in [0.4, 0.5) is 4.39 Å². The van der Waals surface area contributed by atoms with Crippen LogP contribution in [-0.4, -0.2) is 36.6 Å². The molecule has 0 spiro atoms. The summed E-state index contributed by atoms with van der Waals surface area (Å²) in [6, 6.07) is 8.59. The van der Waals surface area contributed by atoms with Gasteiger partial charge in [-0.05, 0) is 73.1 Å². The molecule has 9 heteroatoms. The molecule has 0 atom stereocenters. The van der Waals surface area contributed by atoms with Gasteiger partial charge >= 0.3 is 0 Å². The number of sulfone groups is 1. The number of ether oxygens (including phenoxy) is 1. The molecule has 1 saturated heterocycles. The van der Waals surface area contributed by atoms with Crippen LogP contribution >= 0.6 is 0 Å². The minimum atomic E-state index is -3.99. The molecule has 0 unspecified atom stereocenters. The molecule has 1 fully saturated rings. The fourth-order valence-corrected chi connectivity index (χ4v) is 6.45. The second kappa shape index (κ2) is 9.77. The molecular formula is C22H28FNO5S2. The fourth-order valence-electron chi connectivity index (χ4n) is 3.65. The van der Waals surface area contributed by atoms with Gasteiger partial charge in [-0.1, -0.05) is 19.9 Å². The third-order valence-electron chi connectivity index (χ3n) is 5.52. The van der Waals surface area contributed by atoms with Crippen molar-refractivity contribution in [3.05, 3.63) is 53.8 Å². The van der Waals surface area contributed by atoms with Crippen LogP contribution < -0.4 is 4.72 Å². The highest BCUT2D eigenvalue weighted by molar-refractivity contribution is 7.91. The Morgan fingerprint density at radius 1 is 1.00 bits per heavy atom. The van der Waals surface area contributed by atoms with E-state index in [1.54, 1.807) is 0 Å². The van der Waals surface area contributed by atoms with E-state index in [0.717, 1.165) is 25.0 Å². The molecule has 6 nitrogen and oxygen atoms in total. The Kier molecular flexibility index (Phi) is 7.51. The normalized spacial score (nSPS) is 16.0. The molecule has 0 amide bonds. The van der Waals surface area contributed by atoms with Gasteiger partial charge in [0.2, 0.25) is 19.9 Å². The smallest absolute Gasteiger partial charge is 0.240 e. The highest BCUT2D eigenvalue weighted by Gasteiger charge is 2.26. The lowest BCUT2D eigenvalue weighted by atomic mass is 9.97. The van der Waals surface area contributed by atoms with Crippen LogP contribution in [0.2, 0.25) is 0 Å². The molecule has 1 aliphatic rings. The number of halogens is 1. The zero-order valence-electron chi connectivity index (χ0n) is 17.7. The van der Waals surface area contributed by atoms with E-state index in [1.807, 2.05) is 13.8 Å². The van der Waals surface area contributed by atoms with Crippen molar-refractivity contribution in [2.45, 2.75) is 53.7 Å². The maximum atomic E-state index is 13.2. The minimum Gasteiger partial charge on any atom is -0.381 e. The van der Waals surface area contributed by atoms with Gasteiger partial charge in [0.25, 0.3) is 0 Å². The van der Waals surface area contributed by atoms with E-state index in [4.69, 9.17) is 4.74 Å². The molecule has 0 radical (unpaired) electrons. The summed E-state index contributed by atoms with van der Waals surface area (Å²) in [5.41, 5.74) is 0.539. The summed E-state index contributed by atoms with van der Waals surface area (Å²) in [5, 5.41) is 0. The molecule has 2 aromatic rings. The third kappa shape index (κ3) is 5.71. The number of sulfonamides is 1. The molecule has 0 saturated carbocycles. The molecule has 0 bridgehead atoms. The van der Waals surface area contributed by atoms with Crippen LogP contribution in [0.15, 0.2) is 57.2 Å². The summed E-state index contributed by atoms with van der Waals surface area (Å²) < 4.78 is 73.3. The Bertz CT molecular complexity index is 1110. The van der Waals surface area contributed by atoms with E-state index in [0.29, 0.717) is 31.1 Å². The van der Waals surface area contributed by atoms with E-state index in [2.05, 4.69) is 4.72 Å². The lowest BCUT2D eigenvalue weighted by Gasteiger charge is -2.22. The second-order valence-electron chi connectivity index (χ2n) is 8.05. The molecule has 0 aliphatic carbocycles. The predicted octanol–water partition coefficient (Wildman–Crippen LogP) is 3.88. The van der Waals surface area contributed by atoms with Gasteiger partial charge in [-0.2, -0.15) is 0 Å². The Labute approximate surface area is 183 Å². The fraction of sp³-hybridized carbons (Fsp3) is 0.455. The monoisotopic (exact) mass is 469 g/mol. The maximum Gasteiger partial charge on any atom is 0.240 e. The van der Waals surface area contributed by atoms with E-state index >= 15 is 0 Å². The van der Waals surface area contributed by atoms with Crippen LogP contribution in [0.3, 0.4) is 0 Å². The van der Waals surface area contributed by atoms with E-state index < -0.39 is 25.7 Å². The number of hydrogen-bond acceptors (Lipinski definition) is 5. The van der Waals surface area contributed by atoms with Crippen molar-refractivity contribution in [2.75, 3.05) is 19.8 Å². The standard InChI is InChI=1S/C22H28FNO5S2/c1-16(2)21-8-7-20(30(25,26)19-5-3-18(23)4-6-19)15-22(21)31(27,28)24-12-9-17-10-13-29-14-11-17/h3-8,15-17,24H,9-14H2,1-2H3.